The van der Waals surface area contributed by atoms with Crippen LogP contribution in [0.2, 0.25) is 0 Å². The Morgan fingerprint density at radius 1 is 0.929 bits per heavy atom. The van der Waals surface area contributed by atoms with E-state index in [0.29, 0.717) is 0 Å². The molecule has 0 radical (unpaired) electrons. The lowest BCUT2D eigenvalue weighted by atomic mass is 10.1. The number of halogens is 2. The van der Waals surface area contributed by atoms with Crippen LogP contribution in [0.3, 0.4) is 0 Å². The van der Waals surface area contributed by atoms with Crippen molar-refractivity contribution in [2.75, 3.05) is 0 Å². The van der Waals surface area contributed by atoms with Gasteiger partial charge in [-0.3, -0.25) is 20.2 Å². The highest BCUT2D eigenvalue weighted by Gasteiger charge is 2.49. The number of alkyl halides is 2. The minimum atomic E-state index is -1.93. The maximum Gasteiger partial charge on any atom is 0.317 e. The predicted molar refractivity (Wildman–Crippen MR) is 51.4 cm³/mol. The third-order valence-corrected chi connectivity index (χ3v) is 2.48. The van der Waals surface area contributed by atoms with Crippen LogP contribution < -0.4 is 0 Å². The zero-order chi connectivity index (χ0) is 11.5. The lowest BCUT2D eigenvalue weighted by Crippen LogP contribution is -2.49. The normalized spacial score (nSPS) is 19.4. The molecule has 0 heterocycles. The van der Waals surface area contributed by atoms with Gasteiger partial charge in [0.05, 0.1) is 0 Å². The molecule has 0 amide bonds. The highest BCUT2D eigenvalue weighted by Crippen LogP contribution is 2.18. The van der Waals surface area contributed by atoms with E-state index in [1.807, 2.05) is 0 Å². The van der Waals surface area contributed by atoms with E-state index in [1.165, 1.54) is 0 Å². The molecule has 0 fully saturated rings. The largest absolute Gasteiger partial charge is 0.375 e. The van der Waals surface area contributed by atoms with Crippen LogP contribution in [0.1, 0.15) is 0 Å². The number of rotatable bonds is 5. The lowest BCUT2D eigenvalue weighted by molar-refractivity contribution is -0.624. The molecular weight excluding hydrogens is 332 g/mol. The second-order valence-corrected chi connectivity index (χ2v) is 4.17. The molecule has 4 unspecified atom stereocenters. The minimum absolute atomic E-state index is 1.03. The second kappa shape index (κ2) is 5.53. The number of hydrogen-bond acceptors (Lipinski definition) is 6. The van der Waals surface area contributed by atoms with Crippen LogP contribution in [0.4, 0.5) is 0 Å². The van der Waals surface area contributed by atoms with E-state index in [1.54, 1.807) is 0 Å². The highest BCUT2D eigenvalue weighted by molar-refractivity contribution is 9.09. The van der Waals surface area contributed by atoms with Gasteiger partial charge in [0.25, 0.3) is 0 Å². The standard InChI is InChI=1S/C4H6Br2N2O6/c5-3(9)1(7(11)12)2(4(6)10)8(13)14/h1-4,9-10H. The molecule has 2 N–H and O–H groups in total. The number of aliphatic hydroxyl groups excluding tert-OH is 2. The van der Waals surface area contributed by atoms with Crippen LogP contribution in [0, 0.1) is 20.2 Å². The van der Waals surface area contributed by atoms with Crippen LogP contribution in [0.15, 0.2) is 0 Å². The molecule has 0 saturated carbocycles. The topological polar surface area (TPSA) is 127 Å². The van der Waals surface area contributed by atoms with Gasteiger partial charge in [-0.05, 0) is 0 Å². The van der Waals surface area contributed by atoms with Crippen molar-refractivity contribution in [2.45, 2.75) is 22.1 Å². The van der Waals surface area contributed by atoms with Gasteiger partial charge in [-0.15, -0.1) is 0 Å². The van der Waals surface area contributed by atoms with E-state index in [2.05, 4.69) is 31.9 Å². The monoisotopic (exact) mass is 336 g/mol. The summed E-state index contributed by atoms with van der Waals surface area (Å²) >= 11 is 4.91. The predicted octanol–water partition coefficient (Wildman–Crippen LogP) is -0.296. The molecule has 0 rings (SSSR count). The Morgan fingerprint density at radius 2 is 1.14 bits per heavy atom. The Morgan fingerprint density at radius 3 is 1.21 bits per heavy atom. The molecule has 0 aliphatic heterocycles. The Hall–Kier alpha value is -0.320. The molecular formula is C4H6Br2N2O6. The first-order valence-corrected chi connectivity index (χ1v) is 5.03. The average Bonchev–Trinajstić information content (AvgIpc) is 1.96. The van der Waals surface area contributed by atoms with Crippen molar-refractivity contribution in [3.8, 4) is 0 Å². The molecule has 4 atom stereocenters. The summed E-state index contributed by atoms with van der Waals surface area (Å²) in [7, 11) is 0. The third kappa shape index (κ3) is 3.44. The van der Waals surface area contributed by atoms with Gasteiger partial charge in [-0.25, -0.2) is 0 Å². The summed E-state index contributed by atoms with van der Waals surface area (Å²) in [6.45, 7) is 0. The molecule has 14 heavy (non-hydrogen) atoms. The quantitative estimate of drug-likeness (QED) is 0.403. The molecule has 0 aromatic rings. The summed E-state index contributed by atoms with van der Waals surface area (Å²) < 4.78 is 0. The number of nitro groups is 2. The zero-order valence-corrected chi connectivity index (χ0v) is 9.66. The van der Waals surface area contributed by atoms with Crippen molar-refractivity contribution in [3.05, 3.63) is 20.2 Å². The molecule has 0 spiro atoms. The maximum atomic E-state index is 10.4. The smallest absolute Gasteiger partial charge is 0.317 e. The van der Waals surface area contributed by atoms with Crippen molar-refractivity contribution in [1.29, 1.82) is 0 Å². The fraction of sp³-hybridized carbons (Fsp3) is 1.00. The van der Waals surface area contributed by atoms with Crippen LogP contribution >= 0.6 is 31.9 Å². The number of hydrogen-bond donors (Lipinski definition) is 2. The summed E-state index contributed by atoms with van der Waals surface area (Å²) in [5.74, 6) is 0. The van der Waals surface area contributed by atoms with Gasteiger partial charge in [-0.1, -0.05) is 31.9 Å². The van der Waals surface area contributed by atoms with Crippen LogP contribution in [0.5, 0.6) is 0 Å². The molecule has 10 heteroatoms. The first kappa shape index (κ1) is 13.7. The SMILES string of the molecule is O=[N+]([O-])C(C(O)Br)C(C(O)Br)[N+](=O)[O-]. The summed E-state index contributed by atoms with van der Waals surface area (Å²) in [6, 6.07) is -3.86. The van der Waals surface area contributed by atoms with Crippen LogP contribution in [-0.4, -0.2) is 42.2 Å². The zero-order valence-electron chi connectivity index (χ0n) is 6.49. The first-order chi connectivity index (χ1) is 6.29. The Bertz CT molecular complexity index is 210. The van der Waals surface area contributed by atoms with Crippen molar-refractivity contribution < 1.29 is 20.1 Å². The molecule has 0 saturated heterocycles. The molecule has 0 aliphatic rings. The van der Waals surface area contributed by atoms with Gasteiger partial charge < -0.3 is 10.2 Å². The Kier molecular flexibility index (Phi) is 5.41. The van der Waals surface area contributed by atoms with Crippen molar-refractivity contribution in [1.82, 2.24) is 0 Å². The van der Waals surface area contributed by atoms with Crippen molar-refractivity contribution in [3.63, 3.8) is 0 Å². The van der Waals surface area contributed by atoms with Gasteiger partial charge in [0.2, 0.25) is 0 Å². The minimum Gasteiger partial charge on any atom is -0.375 e. The second-order valence-electron chi connectivity index (χ2n) is 2.30. The molecule has 0 aromatic heterocycles. The van der Waals surface area contributed by atoms with Crippen molar-refractivity contribution in [2.24, 2.45) is 0 Å². The maximum absolute atomic E-state index is 10.4. The molecule has 82 valence electrons. The molecule has 0 bridgehead atoms. The van der Waals surface area contributed by atoms with E-state index in [-0.39, 0.29) is 0 Å². The molecule has 0 aliphatic carbocycles. The summed E-state index contributed by atoms with van der Waals surface area (Å²) in [5, 5.41) is 35.1. The summed E-state index contributed by atoms with van der Waals surface area (Å²) in [6.07, 6.45) is 0. The fourth-order valence-corrected chi connectivity index (χ4v) is 1.79. The number of aliphatic hydroxyl groups is 2. The first-order valence-electron chi connectivity index (χ1n) is 3.20. The van der Waals surface area contributed by atoms with Gasteiger partial charge in [0.1, 0.15) is 0 Å². The molecule has 8 nitrogen and oxygen atoms in total. The van der Waals surface area contributed by atoms with Gasteiger partial charge in [-0.2, -0.15) is 0 Å². The van der Waals surface area contributed by atoms with Gasteiger partial charge >= 0.3 is 12.1 Å². The average molecular weight is 338 g/mol. The van der Waals surface area contributed by atoms with Gasteiger partial charge in [0.15, 0.2) is 10.0 Å². The van der Waals surface area contributed by atoms with Crippen LogP contribution in [0.25, 0.3) is 0 Å². The fourth-order valence-electron chi connectivity index (χ4n) is 0.776. The highest BCUT2D eigenvalue weighted by atomic mass is 79.9. The van der Waals surface area contributed by atoms with E-state index in [4.69, 9.17) is 10.2 Å². The van der Waals surface area contributed by atoms with E-state index in [0.717, 1.165) is 0 Å². The molecule has 0 aromatic carbocycles. The Balaban J connectivity index is 4.93. The lowest BCUT2D eigenvalue weighted by Gasteiger charge is -2.16. The van der Waals surface area contributed by atoms with Crippen LogP contribution in [-0.2, 0) is 0 Å². The van der Waals surface area contributed by atoms with E-state index < -0.39 is 32.0 Å². The third-order valence-electron chi connectivity index (χ3n) is 1.40. The number of nitrogens with zero attached hydrogens (tertiary/aromatic N) is 2. The Labute approximate surface area is 94.5 Å². The van der Waals surface area contributed by atoms with Crippen molar-refractivity contribution >= 4 is 31.9 Å². The van der Waals surface area contributed by atoms with E-state index in [9.17, 15) is 20.2 Å². The van der Waals surface area contributed by atoms with E-state index >= 15 is 0 Å². The summed E-state index contributed by atoms with van der Waals surface area (Å²) in [4.78, 5) is 18.7. The summed E-state index contributed by atoms with van der Waals surface area (Å²) in [5.41, 5.74) is 0. The van der Waals surface area contributed by atoms with Gasteiger partial charge in [0, 0.05) is 9.85 Å².